The fourth-order valence-electron chi connectivity index (χ4n) is 1.54. The van der Waals surface area contributed by atoms with Crippen LogP contribution in [0.5, 0.6) is 0 Å². The molecule has 1 aliphatic rings. The molecule has 0 radical (unpaired) electrons. The summed E-state index contributed by atoms with van der Waals surface area (Å²) in [5.41, 5.74) is -0.124. The third kappa shape index (κ3) is 1.63. The molecular formula is C8H11N3O2. The number of carbonyl (C=O) groups excluding carboxylic acids is 1. The van der Waals surface area contributed by atoms with E-state index in [1.165, 1.54) is 0 Å². The molecule has 0 bridgehead atoms. The molecule has 0 aliphatic carbocycles. The van der Waals surface area contributed by atoms with E-state index in [0.717, 1.165) is 6.42 Å². The van der Waals surface area contributed by atoms with E-state index in [2.05, 4.69) is 10.3 Å². The minimum atomic E-state index is -0.124. The molecule has 1 fully saturated rings. The summed E-state index contributed by atoms with van der Waals surface area (Å²) in [4.78, 5) is 24.5. The summed E-state index contributed by atoms with van der Waals surface area (Å²) >= 11 is 0. The summed E-state index contributed by atoms with van der Waals surface area (Å²) in [6, 6.07) is 0.112. The molecule has 1 aromatic rings. The van der Waals surface area contributed by atoms with Crippen molar-refractivity contribution in [2.75, 3.05) is 0 Å². The first-order valence-corrected chi connectivity index (χ1v) is 4.29. The largest absolute Gasteiger partial charge is 0.352 e. The van der Waals surface area contributed by atoms with Gasteiger partial charge in [-0.05, 0) is 6.42 Å². The monoisotopic (exact) mass is 181 g/mol. The van der Waals surface area contributed by atoms with Crippen LogP contribution in [0.25, 0.3) is 0 Å². The number of hydrogen-bond donors (Lipinski definition) is 2. The van der Waals surface area contributed by atoms with E-state index in [9.17, 15) is 9.59 Å². The van der Waals surface area contributed by atoms with E-state index in [1.54, 1.807) is 17.0 Å². The Morgan fingerprint density at radius 3 is 2.92 bits per heavy atom. The van der Waals surface area contributed by atoms with Crippen molar-refractivity contribution in [3.63, 3.8) is 0 Å². The lowest BCUT2D eigenvalue weighted by molar-refractivity contribution is -0.119. The topological polar surface area (TPSA) is 66.9 Å². The van der Waals surface area contributed by atoms with E-state index in [0.29, 0.717) is 13.0 Å². The van der Waals surface area contributed by atoms with Crippen molar-refractivity contribution in [2.45, 2.75) is 25.4 Å². The number of rotatable bonds is 2. The Hall–Kier alpha value is -1.52. The highest BCUT2D eigenvalue weighted by molar-refractivity contribution is 5.78. The molecule has 1 amide bonds. The fourth-order valence-corrected chi connectivity index (χ4v) is 1.54. The fraction of sp³-hybridized carbons (Fsp3) is 0.500. The molecule has 0 saturated carbocycles. The zero-order valence-corrected chi connectivity index (χ0v) is 7.12. The van der Waals surface area contributed by atoms with E-state index in [1.807, 2.05) is 0 Å². The van der Waals surface area contributed by atoms with E-state index in [4.69, 9.17) is 0 Å². The van der Waals surface area contributed by atoms with Gasteiger partial charge in [0.15, 0.2) is 0 Å². The number of aromatic amines is 1. The van der Waals surface area contributed by atoms with Gasteiger partial charge in [-0.2, -0.15) is 0 Å². The van der Waals surface area contributed by atoms with Crippen LogP contribution >= 0.6 is 0 Å². The van der Waals surface area contributed by atoms with Crippen molar-refractivity contribution in [3.8, 4) is 0 Å². The van der Waals surface area contributed by atoms with E-state index < -0.39 is 0 Å². The average Bonchev–Trinajstić information content (AvgIpc) is 2.64. The van der Waals surface area contributed by atoms with Gasteiger partial charge in [-0.15, -0.1) is 0 Å². The molecule has 2 heterocycles. The van der Waals surface area contributed by atoms with E-state index in [-0.39, 0.29) is 17.6 Å². The maximum Gasteiger partial charge on any atom is 0.325 e. The molecule has 0 aromatic carbocycles. The maximum atomic E-state index is 11.1. The number of imidazole rings is 1. The minimum Gasteiger partial charge on any atom is -0.352 e. The highest BCUT2D eigenvalue weighted by atomic mass is 16.2. The van der Waals surface area contributed by atoms with Crippen LogP contribution in [0.2, 0.25) is 0 Å². The zero-order valence-electron chi connectivity index (χ0n) is 7.12. The highest BCUT2D eigenvalue weighted by Crippen LogP contribution is 2.07. The van der Waals surface area contributed by atoms with Crippen molar-refractivity contribution in [2.24, 2.45) is 0 Å². The van der Waals surface area contributed by atoms with Gasteiger partial charge in [-0.25, -0.2) is 4.79 Å². The van der Waals surface area contributed by atoms with E-state index >= 15 is 0 Å². The smallest absolute Gasteiger partial charge is 0.325 e. The van der Waals surface area contributed by atoms with Gasteiger partial charge >= 0.3 is 5.69 Å². The molecular weight excluding hydrogens is 170 g/mol. The first kappa shape index (κ1) is 8.10. The maximum absolute atomic E-state index is 11.1. The molecule has 1 unspecified atom stereocenters. The van der Waals surface area contributed by atoms with Crippen LogP contribution in [-0.4, -0.2) is 21.5 Å². The summed E-state index contributed by atoms with van der Waals surface area (Å²) in [5, 5.41) is 2.81. The van der Waals surface area contributed by atoms with Gasteiger partial charge in [0, 0.05) is 31.4 Å². The summed E-state index contributed by atoms with van der Waals surface area (Å²) in [6.07, 6.45) is 4.67. The lowest BCUT2D eigenvalue weighted by Crippen LogP contribution is -2.32. The predicted molar refractivity (Wildman–Crippen MR) is 46.2 cm³/mol. The van der Waals surface area contributed by atoms with Crippen molar-refractivity contribution < 1.29 is 4.79 Å². The third-order valence-corrected chi connectivity index (χ3v) is 2.22. The Morgan fingerprint density at radius 2 is 2.38 bits per heavy atom. The number of H-pyrrole nitrogens is 1. The van der Waals surface area contributed by atoms with Crippen molar-refractivity contribution in [1.82, 2.24) is 14.9 Å². The Labute approximate surface area is 74.8 Å². The first-order valence-electron chi connectivity index (χ1n) is 4.29. The normalized spacial score (nSPS) is 21.8. The van der Waals surface area contributed by atoms with Gasteiger partial charge in [0.2, 0.25) is 5.91 Å². The summed E-state index contributed by atoms with van der Waals surface area (Å²) in [7, 11) is 0. The van der Waals surface area contributed by atoms with Crippen LogP contribution in [0, 0.1) is 0 Å². The van der Waals surface area contributed by atoms with Crippen LogP contribution in [-0.2, 0) is 11.3 Å². The average molecular weight is 181 g/mol. The Kier molecular flexibility index (Phi) is 1.92. The van der Waals surface area contributed by atoms with Gasteiger partial charge in [0.25, 0.3) is 0 Å². The first-order chi connectivity index (χ1) is 6.25. The molecule has 5 nitrogen and oxygen atoms in total. The van der Waals surface area contributed by atoms with Crippen LogP contribution < -0.4 is 11.0 Å². The predicted octanol–water partition coefficient (Wildman–Crippen LogP) is -0.545. The number of amides is 1. The van der Waals surface area contributed by atoms with Crippen LogP contribution in [0.4, 0.5) is 0 Å². The second kappa shape index (κ2) is 3.08. The van der Waals surface area contributed by atoms with Gasteiger partial charge in [-0.1, -0.05) is 0 Å². The molecule has 13 heavy (non-hydrogen) atoms. The summed E-state index contributed by atoms with van der Waals surface area (Å²) in [5.74, 6) is 0.0774. The van der Waals surface area contributed by atoms with Crippen LogP contribution in [0.1, 0.15) is 12.8 Å². The lowest BCUT2D eigenvalue weighted by Gasteiger charge is -2.08. The van der Waals surface area contributed by atoms with Crippen LogP contribution in [0.15, 0.2) is 17.2 Å². The van der Waals surface area contributed by atoms with Crippen molar-refractivity contribution in [3.05, 3.63) is 22.9 Å². The highest BCUT2D eigenvalue weighted by Gasteiger charge is 2.20. The van der Waals surface area contributed by atoms with Crippen molar-refractivity contribution >= 4 is 5.91 Å². The lowest BCUT2D eigenvalue weighted by atomic mass is 10.2. The van der Waals surface area contributed by atoms with Gasteiger partial charge in [-0.3, -0.25) is 9.36 Å². The zero-order chi connectivity index (χ0) is 9.26. The second-order valence-electron chi connectivity index (χ2n) is 3.22. The van der Waals surface area contributed by atoms with Crippen molar-refractivity contribution in [1.29, 1.82) is 0 Å². The molecule has 5 heteroatoms. The Bertz CT molecular complexity index is 365. The van der Waals surface area contributed by atoms with Crippen LogP contribution in [0.3, 0.4) is 0 Å². The molecule has 1 aliphatic heterocycles. The van der Waals surface area contributed by atoms with Gasteiger partial charge in [0.05, 0.1) is 0 Å². The standard InChI is InChI=1S/C8H11N3O2/c12-7-2-1-6(10-7)5-11-4-3-9-8(11)13/h3-4,6H,1-2,5H2,(H,9,13)(H,10,12). The minimum absolute atomic E-state index is 0.0774. The SMILES string of the molecule is O=C1CCC(Cn2cc[nH]c2=O)N1. The molecule has 2 rings (SSSR count). The van der Waals surface area contributed by atoms with Gasteiger partial charge in [0.1, 0.15) is 0 Å². The quantitative estimate of drug-likeness (QED) is 0.643. The molecule has 70 valence electrons. The summed E-state index contributed by atoms with van der Waals surface area (Å²) < 4.78 is 1.57. The number of nitrogens with one attached hydrogen (secondary N) is 2. The second-order valence-corrected chi connectivity index (χ2v) is 3.22. The number of aromatic nitrogens is 2. The number of hydrogen-bond acceptors (Lipinski definition) is 2. The molecule has 1 atom stereocenters. The number of carbonyl (C=O) groups is 1. The Morgan fingerprint density at radius 1 is 1.54 bits per heavy atom. The third-order valence-electron chi connectivity index (χ3n) is 2.22. The molecule has 1 aromatic heterocycles. The number of nitrogens with zero attached hydrogens (tertiary/aromatic N) is 1. The molecule has 1 saturated heterocycles. The summed E-state index contributed by atoms with van der Waals surface area (Å²) in [6.45, 7) is 0.564. The van der Waals surface area contributed by atoms with Gasteiger partial charge < -0.3 is 10.3 Å². The molecule has 0 spiro atoms. The molecule has 2 N–H and O–H groups in total. The Balaban J connectivity index is 2.03.